The molecule has 1 rings (SSSR count). The second-order valence-electron chi connectivity index (χ2n) is 21.0. The third-order valence-electron chi connectivity index (χ3n) is 12.1. The fourth-order valence-corrected chi connectivity index (χ4v) is 13.3. The highest BCUT2D eigenvalue weighted by molar-refractivity contribution is 6.81. The molecule has 0 heterocycles. The Morgan fingerprint density at radius 2 is 0.286 bits per heavy atom. The minimum atomic E-state index is -1.50. The van der Waals surface area contributed by atoms with Crippen LogP contribution in [0.15, 0.2) is 0 Å². The van der Waals surface area contributed by atoms with E-state index in [4.69, 9.17) is 0 Å². The summed E-state index contributed by atoms with van der Waals surface area (Å²) in [6.45, 7) is 63.9. The highest BCUT2D eigenvalue weighted by Gasteiger charge is 2.46. The highest BCUT2D eigenvalue weighted by atomic mass is 28.3. The van der Waals surface area contributed by atoms with Crippen LogP contribution < -0.4 is 0 Å². The molecule has 246 valence electrons. The summed E-state index contributed by atoms with van der Waals surface area (Å²) in [5.74, 6) is 0. The molecule has 0 amide bonds. The van der Waals surface area contributed by atoms with E-state index in [1.807, 2.05) is 33.4 Å². The molecule has 0 aliphatic carbocycles. The Morgan fingerprint density at radius 1 is 0.214 bits per heavy atom. The van der Waals surface area contributed by atoms with Gasteiger partial charge in [-0.25, -0.2) is 0 Å². The number of hydrogen-bond donors (Lipinski definition) is 0. The van der Waals surface area contributed by atoms with Gasteiger partial charge in [0.1, 0.15) is 0 Å². The van der Waals surface area contributed by atoms with Gasteiger partial charge in [-0.3, -0.25) is 0 Å². The Balaban J connectivity index is 5.16. The van der Waals surface area contributed by atoms with Crippen LogP contribution in [-0.4, -0.2) is 48.4 Å². The zero-order chi connectivity index (χ0) is 33.9. The van der Waals surface area contributed by atoms with E-state index in [9.17, 15) is 0 Å². The predicted octanol–water partition coefficient (Wildman–Crippen LogP) is 13.6. The topological polar surface area (TPSA) is 0 Å². The molecule has 0 aliphatic heterocycles. The predicted molar refractivity (Wildman–Crippen MR) is 217 cm³/mol. The number of benzene rings is 1. The Hall–Kier alpha value is 0.521. The molecule has 0 spiro atoms. The second-order valence-corrected chi connectivity index (χ2v) is 54.6. The third-order valence-corrected chi connectivity index (χ3v) is 29.5. The summed E-state index contributed by atoms with van der Waals surface area (Å²) in [6, 6.07) is 0. The zero-order valence-electron chi connectivity index (χ0n) is 33.5. The molecule has 6 unspecified atom stereocenters. The first-order valence-electron chi connectivity index (χ1n) is 17.4. The molecular weight excluding hydrogens is 601 g/mol. The number of rotatable bonds is 12. The maximum Gasteiger partial charge on any atom is 0.0518 e. The van der Waals surface area contributed by atoms with Crippen LogP contribution in [0.4, 0.5) is 0 Å². The lowest BCUT2D eigenvalue weighted by Gasteiger charge is -2.47. The van der Waals surface area contributed by atoms with Crippen molar-refractivity contribution in [3.05, 3.63) is 33.4 Å². The van der Waals surface area contributed by atoms with Crippen molar-refractivity contribution in [2.75, 3.05) is 0 Å². The first kappa shape index (κ1) is 40.5. The first-order chi connectivity index (χ1) is 18.2. The smallest absolute Gasteiger partial charge is 0.0518 e. The maximum absolute atomic E-state index is 2.68. The van der Waals surface area contributed by atoms with Crippen LogP contribution in [0.3, 0.4) is 0 Å². The van der Waals surface area contributed by atoms with E-state index in [0.717, 1.165) is 0 Å². The zero-order valence-corrected chi connectivity index (χ0v) is 39.5. The lowest BCUT2D eigenvalue weighted by molar-refractivity contribution is 0.788. The molecule has 0 aliphatic rings. The molecular formula is C36H78Si6. The molecule has 0 fully saturated rings. The van der Waals surface area contributed by atoms with Crippen molar-refractivity contribution in [3.63, 3.8) is 0 Å². The van der Waals surface area contributed by atoms with Crippen LogP contribution in [-0.2, 0) is 0 Å². The van der Waals surface area contributed by atoms with Gasteiger partial charge >= 0.3 is 0 Å². The van der Waals surface area contributed by atoms with Crippen molar-refractivity contribution in [2.24, 2.45) is 0 Å². The SMILES string of the molecule is CC(c1c(C(C)[Si](C)(C)C)c(C(C)[Si](C)(C)C)c(C(C)[Si](C)(C)C)c(C(C)[Si](C)(C)C)c1C(C)[Si](C)(C)C)[Si](C)(C)C. The molecule has 6 heteroatoms. The van der Waals surface area contributed by atoms with Gasteiger partial charge in [0.15, 0.2) is 0 Å². The van der Waals surface area contributed by atoms with Gasteiger partial charge in [0.05, 0.1) is 48.4 Å². The molecule has 1 aromatic carbocycles. The van der Waals surface area contributed by atoms with Crippen molar-refractivity contribution in [2.45, 2.75) is 193 Å². The molecule has 0 saturated heterocycles. The highest BCUT2D eigenvalue weighted by Crippen LogP contribution is 2.54. The van der Waals surface area contributed by atoms with Gasteiger partial charge in [0, 0.05) is 0 Å². The van der Waals surface area contributed by atoms with E-state index in [0.29, 0.717) is 33.2 Å². The van der Waals surface area contributed by atoms with Crippen LogP contribution >= 0.6 is 0 Å². The fourth-order valence-electron chi connectivity index (χ4n) is 6.27. The summed E-state index contributed by atoms with van der Waals surface area (Å²) in [5.41, 5.74) is 15.3. The van der Waals surface area contributed by atoms with E-state index in [-0.39, 0.29) is 0 Å². The van der Waals surface area contributed by atoms with E-state index < -0.39 is 48.4 Å². The van der Waals surface area contributed by atoms with Gasteiger partial charge in [-0.05, 0) is 66.6 Å². The summed E-state index contributed by atoms with van der Waals surface area (Å²) < 4.78 is 0. The van der Waals surface area contributed by atoms with E-state index >= 15 is 0 Å². The lowest BCUT2D eigenvalue weighted by Crippen LogP contribution is -2.43. The van der Waals surface area contributed by atoms with Gasteiger partial charge in [0.2, 0.25) is 0 Å². The van der Waals surface area contributed by atoms with Crippen LogP contribution in [0.5, 0.6) is 0 Å². The van der Waals surface area contributed by atoms with Crippen LogP contribution in [0.25, 0.3) is 0 Å². The fraction of sp³-hybridized carbons (Fsp3) is 0.833. The summed E-state index contributed by atoms with van der Waals surface area (Å²) in [7, 11) is -9.00. The van der Waals surface area contributed by atoms with E-state index in [1.54, 1.807) is 0 Å². The normalized spacial score (nSPS) is 18.9. The van der Waals surface area contributed by atoms with Crippen molar-refractivity contribution < 1.29 is 0 Å². The Morgan fingerprint density at radius 3 is 0.333 bits per heavy atom. The van der Waals surface area contributed by atoms with Gasteiger partial charge in [0.25, 0.3) is 0 Å². The summed E-state index contributed by atoms with van der Waals surface area (Å²) in [4.78, 5) is 0. The van der Waals surface area contributed by atoms with E-state index in [1.165, 1.54) is 0 Å². The monoisotopic (exact) mass is 678 g/mol. The largest absolute Gasteiger partial charge is 0.0691 e. The van der Waals surface area contributed by atoms with Crippen LogP contribution in [0.2, 0.25) is 118 Å². The molecule has 0 bridgehead atoms. The van der Waals surface area contributed by atoms with Crippen molar-refractivity contribution in [3.8, 4) is 0 Å². The van der Waals surface area contributed by atoms with Gasteiger partial charge in [-0.15, -0.1) is 0 Å². The summed E-state index contributed by atoms with van der Waals surface area (Å²) in [5, 5.41) is 0. The standard InChI is InChI=1S/C36H78Si6/c1-25(37(7,8)9)31-32(26(2)38(10,11)12)34(28(4)40(16,17)18)36(30(6)42(22,23)24)35(29(5)41(19,20)21)33(31)27(3)39(13,14)15/h25-30H,1-24H3. The minimum Gasteiger partial charge on any atom is -0.0691 e. The molecule has 0 aromatic heterocycles. The molecule has 0 radical (unpaired) electrons. The third kappa shape index (κ3) is 8.86. The first-order valence-corrected chi connectivity index (χ1v) is 38.9. The molecule has 0 saturated carbocycles. The van der Waals surface area contributed by atoms with Gasteiger partial charge in [-0.1, -0.05) is 159 Å². The molecule has 0 N–H and O–H groups in total. The Bertz CT molecular complexity index is 833. The molecule has 42 heavy (non-hydrogen) atoms. The maximum atomic E-state index is 2.68. The van der Waals surface area contributed by atoms with Crippen molar-refractivity contribution in [1.29, 1.82) is 0 Å². The van der Waals surface area contributed by atoms with Crippen LogP contribution in [0, 0.1) is 0 Å². The summed E-state index contributed by atoms with van der Waals surface area (Å²) in [6.07, 6.45) is 0. The lowest BCUT2D eigenvalue weighted by atomic mass is 9.79. The molecule has 1 aromatic rings. The molecule has 0 nitrogen and oxygen atoms in total. The van der Waals surface area contributed by atoms with Gasteiger partial charge in [-0.2, -0.15) is 0 Å². The van der Waals surface area contributed by atoms with Crippen molar-refractivity contribution in [1.82, 2.24) is 0 Å². The quantitative estimate of drug-likeness (QED) is 0.193. The number of hydrogen-bond acceptors (Lipinski definition) is 0. The summed E-state index contributed by atoms with van der Waals surface area (Å²) >= 11 is 0. The molecule has 6 atom stereocenters. The average molecular weight is 680 g/mol. The average Bonchev–Trinajstić information content (AvgIpc) is 2.75. The van der Waals surface area contributed by atoms with E-state index in [2.05, 4.69) is 159 Å². The van der Waals surface area contributed by atoms with Crippen molar-refractivity contribution >= 4 is 48.4 Å². The Kier molecular flexibility index (Phi) is 12.5. The second kappa shape index (κ2) is 13.0. The Labute approximate surface area is 273 Å². The minimum absolute atomic E-state index is 0.663. The van der Waals surface area contributed by atoms with Gasteiger partial charge < -0.3 is 0 Å². The van der Waals surface area contributed by atoms with Crippen LogP contribution in [0.1, 0.15) is 108 Å².